The van der Waals surface area contributed by atoms with Crippen LogP contribution in [0.25, 0.3) is 11.0 Å². The van der Waals surface area contributed by atoms with Crippen molar-refractivity contribution in [3.05, 3.63) is 35.1 Å². The molecular weight excluding hydrogens is 268 g/mol. The molecule has 0 aliphatic carbocycles. The van der Waals surface area contributed by atoms with E-state index >= 15 is 0 Å². The van der Waals surface area contributed by atoms with E-state index in [4.69, 9.17) is 11.6 Å². The summed E-state index contributed by atoms with van der Waals surface area (Å²) in [5.74, 6) is 6.40. The van der Waals surface area contributed by atoms with Gasteiger partial charge in [-0.15, -0.1) is 0 Å². The van der Waals surface area contributed by atoms with E-state index in [2.05, 4.69) is 21.8 Å². The zero-order chi connectivity index (χ0) is 13.0. The van der Waals surface area contributed by atoms with Crippen LogP contribution in [-0.2, 0) is 4.79 Å². The molecule has 0 saturated heterocycles. The van der Waals surface area contributed by atoms with Crippen molar-refractivity contribution in [1.82, 2.24) is 9.97 Å². The van der Waals surface area contributed by atoms with Crippen LogP contribution in [0.1, 0.15) is 12.5 Å². The van der Waals surface area contributed by atoms with Gasteiger partial charge >= 0.3 is 0 Å². The van der Waals surface area contributed by atoms with E-state index in [1.165, 1.54) is 24.9 Å². The first kappa shape index (κ1) is 12.9. The number of hydrogen-bond acceptors (Lipinski definition) is 4. The molecule has 0 aliphatic rings. The van der Waals surface area contributed by atoms with Gasteiger partial charge in [-0.25, -0.2) is 4.98 Å². The Bertz CT molecular complexity index is 661. The van der Waals surface area contributed by atoms with Gasteiger partial charge in [-0.2, -0.15) is 0 Å². The zero-order valence-electron chi connectivity index (χ0n) is 9.61. The Balaban J connectivity index is 2.21. The van der Waals surface area contributed by atoms with Crippen LogP contribution in [0.15, 0.2) is 24.4 Å². The maximum atomic E-state index is 10.7. The zero-order valence-corrected chi connectivity index (χ0v) is 11.2. The first-order chi connectivity index (χ1) is 8.65. The summed E-state index contributed by atoms with van der Waals surface area (Å²) < 4.78 is 0. The van der Waals surface area contributed by atoms with E-state index in [0.29, 0.717) is 16.4 Å². The Morgan fingerprint density at radius 2 is 2.28 bits per heavy atom. The highest BCUT2D eigenvalue weighted by Crippen LogP contribution is 2.13. The number of hydrogen-bond donors (Lipinski definition) is 0. The van der Waals surface area contributed by atoms with Gasteiger partial charge in [-0.1, -0.05) is 35.2 Å². The second kappa shape index (κ2) is 5.85. The maximum Gasteiger partial charge on any atom is 0.186 e. The van der Waals surface area contributed by atoms with Gasteiger partial charge in [0.15, 0.2) is 5.12 Å². The largest absolute Gasteiger partial charge is 0.288 e. The lowest BCUT2D eigenvalue weighted by Crippen LogP contribution is -1.86. The van der Waals surface area contributed by atoms with Crippen LogP contribution in [0.4, 0.5) is 0 Å². The van der Waals surface area contributed by atoms with Crippen molar-refractivity contribution in [2.24, 2.45) is 0 Å². The van der Waals surface area contributed by atoms with Gasteiger partial charge in [0, 0.05) is 12.5 Å². The van der Waals surface area contributed by atoms with Crippen LogP contribution in [0.5, 0.6) is 0 Å². The SMILES string of the molecule is CC(=O)SCC#Cc1ccc2ncc(Cl)nc2c1. The van der Waals surface area contributed by atoms with Crippen LogP contribution in [-0.4, -0.2) is 20.8 Å². The predicted molar refractivity (Wildman–Crippen MR) is 74.6 cm³/mol. The average Bonchev–Trinajstić information content (AvgIpc) is 2.34. The summed E-state index contributed by atoms with van der Waals surface area (Å²) in [6, 6.07) is 5.55. The molecule has 0 atom stereocenters. The van der Waals surface area contributed by atoms with E-state index in [-0.39, 0.29) is 5.12 Å². The van der Waals surface area contributed by atoms with Crippen molar-refractivity contribution in [1.29, 1.82) is 0 Å². The fourth-order valence-corrected chi connectivity index (χ4v) is 1.83. The molecular formula is C13H9ClN2OS. The quantitative estimate of drug-likeness (QED) is 0.751. The van der Waals surface area contributed by atoms with Crippen LogP contribution in [0, 0.1) is 11.8 Å². The summed E-state index contributed by atoms with van der Waals surface area (Å²) in [4.78, 5) is 19.0. The molecule has 3 nitrogen and oxygen atoms in total. The smallest absolute Gasteiger partial charge is 0.186 e. The van der Waals surface area contributed by atoms with E-state index in [0.717, 1.165) is 11.1 Å². The first-order valence-corrected chi connectivity index (χ1v) is 6.56. The highest BCUT2D eigenvalue weighted by Gasteiger charge is 1.98. The molecule has 5 heteroatoms. The summed E-state index contributed by atoms with van der Waals surface area (Å²) >= 11 is 6.98. The molecule has 1 aromatic carbocycles. The van der Waals surface area contributed by atoms with Gasteiger partial charge in [-0.3, -0.25) is 9.78 Å². The summed E-state index contributed by atoms with van der Waals surface area (Å²) in [7, 11) is 0. The summed E-state index contributed by atoms with van der Waals surface area (Å²) in [6.45, 7) is 1.53. The number of carbonyl (C=O) groups is 1. The third kappa shape index (κ3) is 3.46. The molecule has 2 aromatic rings. The minimum Gasteiger partial charge on any atom is -0.288 e. The molecule has 18 heavy (non-hydrogen) atoms. The van der Waals surface area contributed by atoms with Gasteiger partial charge in [0.1, 0.15) is 5.15 Å². The molecule has 0 saturated carbocycles. The van der Waals surface area contributed by atoms with Crippen LogP contribution >= 0.6 is 23.4 Å². The van der Waals surface area contributed by atoms with Gasteiger partial charge < -0.3 is 0 Å². The topological polar surface area (TPSA) is 42.9 Å². The molecule has 1 heterocycles. The van der Waals surface area contributed by atoms with Gasteiger partial charge in [0.25, 0.3) is 0 Å². The number of rotatable bonds is 1. The molecule has 0 N–H and O–H groups in total. The Hall–Kier alpha value is -1.57. The number of halogens is 1. The van der Waals surface area contributed by atoms with Gasteiger partial charge in [-0.05, 0) is 18.2 Å². The summed E-state index contributed by atoms with van der Waals surface area (Å²) in [6.07, 6.45) is 1.51. The molecule has 2 rings (SSSR count). The summed E-state index contributed by atoms with van der Waals surface area (Å²) in [5.41, 5.74) is 2.33. The third-order valence-electron chi connectivity index (χ3n) is 2.09. The van der Waals surface area contributed by atoms with E-state index in [1.54, 1.807) is 0 Å². The molecule has 0 amide bonds. The fourth-order valence-electron chi connectivity index (χ4n) is 1.34. The minimum atomic E-state index is 0.0699. The fraction of sp³-hybridized carbons (Fsp3) is 0.154. The van der Waals surface area contributed by atoms with E-state index < -0.39 is 0 Å². The normalized spacial score (nSPS) is 9.89. The predicted octanol–water partition coefficient (Wildman–Crippen LogP) is 2.91. The molecule has 90 valence electrons. The molecule has 0 unspecified atom stereocenters. The second-order valence-electron chi connectivity index (χ2n) is 3.48. The second-order valence-corrected chi connectivity index (χ2v) is 5.02. The molecule has 0 fully saturated rings. The Morgan fingerprint density at radius 3 is 3.06 bits per heavy atom. The standard InChI is InChI=1S/C13H9ClN2OS/c1-9(17)18-6-2-3-10-4-5-11-12(7-10)16-13(14)8-15-11/h4-5,7-8H,6H2,1H3. The number of fused-ring (bicyclic) bond motifs is 1. The van der Waals surface area contributed by atoms with Gasteiger partial charge in [0.05, 0.1) is 23.0 Å². The Labute approximate surface area is 114 Å². The lowest BCUT2D eigenvalue weighted by atomic mass is 10.2. The van der Waals surface area contributed by atoms with Crippen molar-refractivity contribution >= 4 is 39.5 Å². The van der Waals surface area contributed by atoms with Gasteiger partial charge in [0.2, 0.25) is 0 Å². The lowest BCUT2D eigenvalue weighted by molar-refractivity contribution is -0.109. The minimum absolute atomic E-state index is 0.0699. The van der Waals surface area contributed by atoms with Crippen molar-refractivity contribution in [3.8, 4) is 11.8 Å². The van der Waals surface area contributed by atoms with Crippen molar-refractivity contribution < 1.29 is 4.79 Å². The number of thioether (sulfide) groups is 1. The lowest BCUT2D eigenvalue weighted by Gasteiger charge is -1.97. The van der Waals surface area contributed by atoms with E-state index in [1.807, 2.05) is 18.2 Å². The van der Waals surface area contributed by atoms with Crippen molar-refractivity contribution in [2.75, 3.05) is 5.75 Å². The molecule has 0 bridgehead atoms. The molecule has 0 aliphatic heterocycles. The molecule has 0 spiro atoms. The van der Waals surface area contributed by atoms with E-state index in [9.17, 15) is 4.79 Å². The Kier molecular flexibility index (Phi) is 4.19. The maximum absolute atomic E-state index is 10.7. The average molecular weight is 277 g/mol. The highest BCUT2D eigenvalue weighted by atomic mass is 35.5. The Morgan fingerprint density at radius 1 is 1.44 bits per heavy atom. The monoisotopic (exact) mass is 276 g/mol. The summed E-state index contributed by atoms with van der Waals surface area (Å²) in [5, 5.41) is 0.431. The highest BCUT2D eigenvalue weighted by molar-refractivity contribution is 8.13. The van der Waals surface area contributed by atoms with Crippen LogP contribution in [0.2, 0.25) is 5.15 Å². The van der Waals surface area contributed by atoms with Crippen LogP contribution in [0.3, 0.4) is 0 Å². The number of aromatic nitrogens is 2. The van der Waals surface area contributed by atoms with Crippen LogP contribution < -0.4 is 0 Å². The number of nitrogens with zero attached hydrogens (tertiary/aromatic N) is 2. The first-order valence-electron chi connectivity index (χ1n) is 5.20. The van der Waals surface area contributed by atoms with Crippen molar-refractivity contribution in [2.45, 2.75) is 6.92 Å². The third-order valence-corrected chi connectivity index (χ3v) is 2.97. The number of benzene rings is 1. The van der Waals surface area contributed by atoms with Crippen molar-refractivity contribution in [3.63, 3.8) is 0 Å². The molecule has 0 radical (unpaired) electrons. The number of carbonyl (C=O) groups excluding carboxylic acids is 1. The molecule has 1 aromatic heterocycles.